The summed E-state index contributed by atoms with van der Waals surface area (Å²) in [6.07, 6.45) is 3.50. The monoisotopic (exact) mass is 141 g/mol. The Morgan fingerprint density at radius 3 is 3.10 bits per heavy atom. The van der Waals surface area contributed by atoms with Gasteiger partial charge in [0.2, 0.25) is 0 Å². The van der Waals surface area contributed by atoms with E-state index in [1.165, 1.54) is 11.0 Å². The van der Waals surface area contributed by atoms with Crippen molar-refractivity contribution >= 4 is 0 Å². The van der Waals surface area contributed by atoms with Crippen molar-refractivity contribution in [2.24, 2.45) is 0 Å². The van der Waals surface area contributed by atoms with E-state index in [0.717, 1.165) is 19.4 Å². The van der Waals surface area contributed by atoms with Crippen LogP contribution in [0, 0.1) is 0 Å². The molecule has 0 aliphatic rings. The van der Waals surface area contributed by atoms with Gasteiger partial charge in [0, 0.05) is 6.54 Å². The molecule has 10 heavy (non-hydrogen) atoms. The fourth-order valence-electron chi connectivity index (χ4n) is 0.748. The number of hydrogen-bond acceptors (Lipinski definition) is 2. The van der Waals surface area contributed by atoms with Crippen LogP contribution in [0.25, 0.3) is 0 Å². The van der Waals surface area contributed by atoms with Crippen molar-refractivity contribution in [2.45, 2.75) is 26.3 Å². The fourth-order valence-corrected chi connectivity index (χ4v) is 0.748. The molecule has 1 N–H and O–H groups in total. The van der Waals surface area contributed by atoms with Gasteiger partial charge in [-0.05, 0) is 6.42 Å². The van der Waals surface area contributed by atoms with E-state index in [1.54, 1.807) is 0 Å². The number of nitrogens with zero attached hydrogens (tertiary/aromatic N) is 2. The van der Waals surface area contributed by atoms with Crippen LogP contribution >= 0.6 is 0 Å². The SMILES string of the molecule is CCCCn1nc[nH]c1=O. The van der Waals surface area contributed by atoms with Crippen LogP contribution in [0.3, 0.4) is 0 Å². The summed E-state index contributed by atoms with van der Waals surface area (Å²) in [6, 6.07) is 0. The predicted molar refractivity (Wildman–Crippen MR) is 37.8 cm³/mol. The zero-order chi connectivity index (χ0) is 7.40. The number of nitrogens with one attached hydrogen (secondary N) is 1. The number of rotatable bonds is 3. The summed E-state index contributed by atoms with van der Waals surface area (Å²) >= 11 is 0. The first kappa shape index (κ1) is 7.05. The van der Waals surface area contributed by atoms with E-state index >= 15 is 0 Å². The number of H-pyrrole nitrogens is 1. The Kier molecular flexibility index (Phi) is 2.25. The van der Waals surface area contributed by atoms with E-state index in [9.17, 15) is 4.79 Å². The Morgan fingerprint density at radius 1 is 1.80 bits per heavy atom. The van der Waals surface area contributed by atoms with E-state index < -0.39 is 0 Å². The van der Waals surface area contributed by atoms with E-state index in [0.29, 0.717) is 0 Å². The van der Waals surface area contributed by atoms with Gasteiger partial charge in [0.1, 0.15) is 6.33 Å². The molecule has 0 saturated carbocycles. The molecule has 56 valence electrons. The average molecular weight is 141 g/mol. The first-order chi connectivity index (χ1) is 4.84. The molecule has 1 rings (SSSR count). The quantitative estimate of drug-likeness (QED) is 0.661. The summed E-state index contributed by atoms with van der Waals surface area (Å²) in [7, 11) is 0. The molecule has 1 aromatic rings. The predicted octanol–water partition coefficient (Wildman–Crippen LogP) is 0.371. The highest BCUT2D eigenvalue weighted by Gasteiger charge is 1.93. The third kappa shape index (κ3) is 1.46. The molecule has 0 aliphatic heterocycles. The van der Waals surface area contributed by atoms with Gasteiger partial charge in [-0.15, -0.1) is 0 Å². The highest BCUT2D eigenvalue weighted by atomic mass is 16.1. The van der Waals surface area contributed by atoms with Crippen LogP contribution in [0.4, 0.5) is 0 Å². The Bertz CT molecular complexity index is 237. The molecule has 0 bridgehead atoms. The van der Waals surface area contributed by atoms with Gasteiger partial charge in [-0.1, -0.05) is 13.3 Å². The van der Waals surface area contributed by atoms with Crippen molar-refractivity contribution in [3.63, 3.8) is 0 Å². The minimum absolute atomic E-state index is 0.117. The molecule has 0 amide bonds. The molecule has 0 spiro atoms. The molecular formula is C6H11N3O. The smallest absolute Gasteiger partial charge is 0.295 e. The van der Waals surface area contributed by atoms with Crippen molar-refractivity contribution in [3.05, 3.63) is 16.8 Å². The third-order valence-electron chi connectivity index (χ3n) is 1.34. The van der Waals surface area contributed by atoms with Crippen molar-refractivity contribution in [1.29, 1.82) is 0 Å². The van der Waals surface area contributed by atoms with Crippen molar-refractivity contribution in [1.82, 2.24) is 14.8 Å². The number of aromatic nitrogens is 3. The molecule has 0 aromatic carbocycles. The topological polar surface area (TPSA) is 50.7 Å². The summed E-state index contributed by atoms with van der Waals surface area (Å²) in [5, 5.41) is 3.80. The van der Waals surface area contributed by atoms with Crippen LogP contribution in [0.15, 0.2) is 11.1 Å². The van der Waals surface area contributed by atoms with E-state index in [4.69, 9.17) is 0 Å². The number of aromatic amines is 1. The van der Waals surface area contributed by atoms with Gasteiger partial charge in [0.25, 0.3) is 0 Å². The zero-order valence-electron chi connectivity index (χ0n) is 6.00. The lowest BCUT2D eigenvalue weighted by Crippen LogP contribution is -2.17. The molecule has 0 saturated heterocycles. The average Bonchev–Trinajstić information content (AvgIpc) is 2.31. The second kappa shape index (κ2) is 3.20. The maximum absolute atomic E-state index is 10.8. The van der Waals surface area contributed by atoms with E-state index in [2.05, 4.69) is 17.0 Å². The summed E-state index contributed by atoms with van der Waals surface area (Å²) in [4.78, 5) is 13.2. The van der Waals surface area contributed by atoms with E-state index in [1.807, 2.05) is 0 Å². The molecule has 4 heteroatoms. The molecule has 0 atom stereocenters. The van der Waals surface area contributed by atoms with Crippen LogP contribution in [-0.4, -0.2) is 14.8 Å². The summed E-state index contributed by atoms with van der Waals surface area (Å²) in [6.45, 7) is 2.80. The van der Waals surface area contributed by atoms with Gasteiger partial charge in [0.15, 0.2) is 0 Å². The molecule has 1 aromatic heterocycles. The second-order valence-electron chi connectivity index (χ2n) is 2.17. The summed E-state index contributed by atoms with van der Waals surface area (Å²) in [5.74, 6) is 0. The van der Waals surface area contributed by atoms with Crippen LogP contribution in [-0.2, 0) is 6.54 Å². The first-order valence-corrected chi connectivity index (χ1v) is 3.45. The molecule has 0 aliphatic carbocycles. The maximum atomic E-state index is 10.8. The van der Waals surface area contributed by atoms with Crippen LogP contribution < -0.4 is 5.69 Å². The lowest BCUT2D eigenvalue weighted by atomic mass is 10.3. The second-order valence-corrected chi connectivity index (χ2v) is 2.17. The molecule has 4 nitrogen and oxygen atoms in total. The number of aryl methyl sites for hydroxylation is 1. The summed E-state index contributed by atoms with van der Waals surface area (Å²) in [5.41, 5.74) is -0.117. The van der Waals surface area contributed by atoms with Gasteiger partial charge >= 0.3 is 5.69 Å². The van der Waals surface area contributed by atoms with Crippen molar-refractivity contribution in [2.75, 3.05) is 0 Å². The van der Waals surface area contributed by atoms with Crippen LogP contribution in [0.1, 0.15) is 19.8 Å². The lowest BCUT2D eigenvalue weighted by Gasteiger charge is -1.93. The number of unbranched alkanes of at least 4 members (excludes halogenated alkanes) is 1. The van der Waals surface area contributed by atoms with E-state index in [-0.39, 0.29) is 5.69 Å². The zero-order valence-corrected chi connectivity index (χ0v) is 6.00. The third-order valence-corrected chi connectivity index (χ3v) is 1.34. The Hall–Kier alpha value is -1.06. The maximum Gasteiger partial charge on any atom is 0.343 e. The largest absolute Gasteiger partial charge is 0.343 e. The lowest BCUT2D eigenvalue weighted by molar-refractivity contribution is 0.554. The standard InChI is InChI=1S/C6H11N3O/c1-2-3-4-9-6(10)7-5-8-9/h5H,2-4H2,1H3,(H,7,8,10). The van der Waals surface area contributed by atoms with Crippen LogP contribution in [0.5, 0.6) is 0 Å². The van der Waals surface area contributed by atoms with Gasteiger partial charge in [-0.3, -0.25) is 4.98 Å². The highest BCUT2D eigenvalue weighted by molar-refractivity contribution is 4.58. The molecular weight excluding hydrogens is 130 g/mol. The van der Waals surface area contributed by atoms with Gasteiger partial charge < -0.3 is 0 Å². The van der Waals surface area contributed by atoms with Gasteiger partial charge in [-0.2, -0.15) is 5.10 Å². The minimum atomic E-state index is -0.117. The van der Waals surface area contributed by atoms with Gasteiger partial charge in [0.05, 0.1) is 0 Å². The van der Waals surface area contributed by atoms with Crippen molar-refractivity contribution < 1.29 is 0 Å². The Balaban J connectivity index is 2.57. The molecule has 0 radical (unpaired) electrons. The highest BCUT2D eigenvalue weighted by Crippen LogP contribution is 1.87. The Morgan fingerprint density at radius 2 is 2.60 bits per heavy atom. The van der Waals surface area contributed by atoms with Crippen LogP contribution in [0.2, 0.25) is 0 Å². The first-order valence-electron chi connectivity index (χ1n) is 3.45. The molecule has 0 fully saturated rings. The Labute approximate surface area is 58.9 Å². The summed E-state index contributed by atoms with van der Waals surface area (Å²) < 4.78 is 1.43. The normalized spacial score (nSPS) is 10.1. The minimum Gasteiger partial charge on any atom is -0.295 e. The molecule has 1 heterocycles. The van der Waals surface area contributed by atoms with Gasteiger partial charge in [-0.25, -0.2) is 9.48 Å². The number of hydrogen-bond donors (Lipinski definition) is 1. The molecule has 0 unspecified atom stereocenters. The van der Waals surface area contributed by atoms with Crippen molar-refractivity contribution in [3.8, 4) is 0 Å². The fraction of sp³-hybridized carbons (Fsp3) is 0.667.